The number of nitrogens with zero attached hydrogens (tertiary/aromatic N) is 4. The first-order valence-electron chi connectivity index (χ1n) is 7.73. The molecule has 7 heteroatoms. The minimum absolute atomic E-state index is 0.0262. The summed E-state index contributed by atoms with van der Waals surface area (Å²) >= 11 is 1.46. The van der Waals surface area contributed by atoms with Crippen LogP contribution in [0.15, 0.2) is 17.5 Å². The first-order valence-corrected chi connectivity index (χ1v) is 8.61. The SMILES string of the molecule is CC(C(=O)N(C)CCC#N)N1CCN(C(=O)c2cccs2)CC1. The number of piperazine rings is 1. The van der Waals surface area contributed by atoms with Gasteiger partial charge in [-0.15, -0.1) is 11.3 Å². The van der Waals surface area contributed by atoms with Gasteiger partial charge in [0.2, 0.25) is 5.91 Å². The second-order valence-corrected chi connectivity index (χ2v) is 6.60. The van der Waals surface area contributed by atoms with E-state index in [1.807, 2.05) is 29.3 Å². The number of hydrogen-bond acceptors (Lipinski definition) is 5. The lowest BCUT2D eigenvalue weighted by Crippen LogP contribution is -2.55. The fourth-order valence-electron chi connectivity index (χ4n) is 2.67. The van der Waals surface area contributed by atoms with Crippen molar-refractivity contribution in [3.8, 4) is 6.07 Å². The third kappa shape index (κ3) is 4.30. The fraction of sp³-hybridized carbons (Fsp3) is 0.562. The Morgan fingerprint density at radius 3 is 2.65 bits per heavy atom. The highest BCUT2D eigenvalue weighted by Gasteiger charge is 2.29. The van der Waals surface area contributed by atoms with Gasteiger partial charge in [0.25, 0.3) is 5.91 Å². The zero-order valence-corrected chi connectivity index (χ0v) is 14.4. The Morgan fingerprint density at radius 1 is 1.39 bits per heavy atom. The molecule has 2 rings (SSSR count). The van der Waals surface area contributed by atoms with Crippen LogP contribution in [0.25, 0.3) is 0 Å². The number of carbonyl (C=O) groups excluding carboxylic acids is 2. The van der Waals surface area contributed by atoms with E-state index in [1.54, 1.807) is 11.9 Å². The van der Waals surface area contributed by atoms with Crippen LogP contribution in [0, 0.1) is 11.3 Å². The second kappa shape index (κ2) is 8.09. The standard InChI is InChI=1S/C16H22N4O2S/c1-13(15(21)18(2)7-4-6-17)19-8-10-20(11-9-19)16(22)14-5-3-12-23-14/h3,5,12-13H,4,7-11H2,1-2H3. The molecule has 2 amide bonds. The largest absolute Gasteiger partial charge is 0.343 e. The van der Waals surface area contributed by atoms with E-state index in [9.17, 15) is 9.59 Å². The van der Waals surface area contributed by atoms with Gasteiger partial charge in [-0.05, 0) is 18.4 Å². The molecule has 1 aliphatic heterocycles. The molecule has 1 saturated heterocycles. The Morgan fingerprint density at radius 2 is 2.09 bits per heavy atom. The van der Waals surface area contributed by atoms with E-state index in [0.717, 1.165) is 4.88 Å². The van der Waals surface area contributed by atoms with E-state index in [-0.39, 0.29) is 17.9 Å². The van der Waals surface area contributed by atoms with Gasteiger partial charge in [0.05, 0.1) is 23.4 Å². The molecule has 1 atom stereocenters. The molecule has 1 aromatic rings. The van der Waals surface area contributed by atoms with Crippen LogP contribution in [0.4, 0.5) is 0 Å². The minimum atomic E-state index is -0.224. The summed E-state index contributed by atoms with van der Waals surface area (Å²) in [7, 11) is 1.73. The third-order valence-corrected chi connectivity index (χ3v) is 5.03. The van der Waals surface area contributed by atoms with Crippen molar-refractivity contribution in [3.63, 3.8) is 0 Å². The van der Waals surface area contributed by atoms with Gasteiger partial charge in [-0.1, -0.05) is 6.07 Å². The van der Waals surface area contributed by atoms with E-state index in [0.29, 0.717) is 39.1 Å². The third-order valence-electron chi connectivity index (χ3n) is 4.17. The Labute approximate surface area is 140 Å². The molecule has 0 radical (unpaired) electrons. The van der Waals surface area contributed by atoms with E-state index >= 15 is 0 Å². The average Bonchev–Trinajstić information content (AvgIpc) is 3.12. The summed E-state index contributed by atoms with van der Waals surface area (Å²) < 4.78 is 0. The first kappa shape index (κ1) is 17.4. The van der Waals surface area contributed by atoms with E-state index in [2.05, 4.69) is 11.0 Å². The predicted molar refractivity (Wildman–Crippen MR) is 89.1 cm³/mol. The van der Waals surface area contributed by atoms with Gasteiger partial charge in [0, 0.05) is 39.8 Å². The van der Waals surface area contributed by atoms with Crippen molar-refractivity contribution in [1.82, 2.24) is 14.7 Å². The van der Waals surface area contributed by atoms with Crippen LogP contribution < -0.4 is 0 Å². The summed E-state index contributed by atoms with van der Waals surface area (Å²) in [5, 5.41) is 10.5. The van der Waals surface area contributed by atoms with Crippen molar-refractivity contribution in [2.75, 3.05) is 39.8 Å². The predicted octanol–water partition coefficient (Wildman–Crippen LogP) is 1.27. The molecule has 0 spiro atoms. The topological polar surface area (TPSA) is 67.7 Å². The number of carbonyl (C=O) groups is 2. The molecule has 0 aliphatic carbocycles. The van der Waals surface area contributed by atoms with Crippen LogP contribution in [0.5, 0.6) is 0 Å². The zero-order chi connectivity index (χ0) is 16.8. The van der Waals surface area contributed by atoms with Crippen molar-refractivity contribution in [1.29, 1.82) is 5.26 Å². The molecule has 23 heavy (non-hydrogen) atoms. The van der Waals surface area contributed by atoms with Gasteiger partial charge in [-0.25, -0.2) is 0 Å². The molecule has 1 aliphatic rings. The van der Waals surface area contributed by atoms with Crippen molar-refractivity contribution in [3.05, 3.63) is 22.4 Å². The van der Waals surface area contributed by atoms with Crippen LogP contribution in [-0.2, 0) is 4.79 Å². The lowest BCUT2D eigenvalue weighted by molar-refractivity contribution is -0.135. The molecule has 124 valence electrons. The zero-order valence-electron chi connectivity index (χ0n) is 13.6. The lowest BCUT2D eigenvalue weighted by Gasteiger charge is -2.38. The maximum atomic E-state index is 12.3. The van der Waals surface area contributed by atoms with E-state index in [4.69, 9.17) is 5.26 Å². The highest BCUT2D eigenvalue weighted by atomic mass is 32.1. The maximum Gasteiger partial charge on any atom is 0.264 e. The van der Waals surface area contributed by atoms with Gasteiger partial charge in [-0.2, -0.15) is 5.26 Å². The summed E-state index contributed by atoms with van der Waals surface area (Å²) in [6, 6.07) is 5.55. The maximum absolute atomic E-state index is 12.3. The molecule has 1 fully saturated rings. The van der Waals surface area contributed by atoms with Crippen LogP contribution >= 0.6 is 11.3 Å². The van der Waals surface area contributed by atoms with Gasteiger partial charge in [0.15, 0.2) is 0 Å². The highest BCUT2D eigenvalue weighted by Crippen LogP contribution is 2.15. The molecule has 6 nitrogen and oxygen atoms in total. The minimum Gasteiger partial charge on any atom is -0.343 e. The summed E-state index contributed by atoms with van der Waals surface area (Å²) in [6.07, 6.45) is 0.345. The summed E-state index contributed by atoms with van der Waals surface area (Å²) in [6.45, 7) is 5.00. The molecular weight excluding hydrogens is 312 g/mol. The number of nitriles is 1. The average molecular weight is 334 g/mol. The number of likely N-dealkylation sites (N-methyl/N-ethyl adjacent to an activating group) is 1. The molecule has 0 N–H and O–H groups in total. The monoisotopic (exact) mass is 334 g/mol. The lowest BCUT2D eigenvalue weighted by atomic mass is 10.2. The quantitative estimate of drug-likeness (QED) is 0.813. The highest BCUT2D eigenvalue weighted by molar-refractivity contribution is 7.12. The van der Waals surface area contributed by atoms with Crippen molar-refractivity contribution >= 4 is 23.2 Å². The fourth-order valence-corrected chi connectivity index (χ4v) is 3.36. The first-order chi connectivity index (χ1) is 11.0. The van der Waals surface area contributed by atoms with Crippen LogP contribution in [0.2, 0.25) is 0 Å². The number of hydrogen-bond donors (Lipinski definition) is 0. The molecule has 1 unspecified atom stereocenters. The molecule has 1 aromatic heterocycles. The summed E-state index contributed by atoms with van der Waals surface area (Å²) in [5.74, 6) is 0.100. The van der Waals surface area contributed by atoms with Crippen LogP contribution in [0.3, 0.4) is 0 Å². The number of amides is 2. The number of rotatable bonds is 5. The molecular formula is C16H22N4O2S. The number of thiophene rings is 1. The molecule has 0 aromatic carbocycles. The van der Waals surface area contributed by atoms with Gasteiger partial charge in [0.1, 0.15) is 0 Å². The summed E-state index contributed by atoms with van der Waals surface area (Å²) in [5.41, 5.74) is 0. The van der Waals surface area contributed by atoms with Crippen molar-refractivity contribution in [2.45, 2.75) is 19.4 Å². The van der Waals surface area contributed by atoms with Gasteiger partial charge in [-0.3, -0.25) is 14.5 Å². The smallest absolute Gasteiger partial charge is 0.264 e. The molecule has 2 heterocycles. The van der Waals surface area contributed by atoms with E-state index in [1.165, 1.54) is 11.3 Å². The Hall–Kier alpha value is -1.91. The Kier molecular flexibility index (Phi) is 6.13. The van der Waals surface area contributed by atoms with Gasteiger partial charge >= 0.3 is 0 Å². The van der Waals surface area contributed by atoms with E-state index < -0.39 is 0 Å². The van der Waals surface area contributed by atoms with Crippen molar-refractivity contribution < 1.29 is 9.59 Å². The molecule has 0 bridgehead atoms. The van der Waals surface area contributed by atoms with Gasteiger partial charge < -0.3 is 9.80 Å². The van der Waals surface area contributed by atoms with Crippen LogP contribution in [0.1, 0.15) is 23.0 Å². The molecule has 0 saturated carbocycles. The normalized spacial score (nSPS) is 16.7. The summed E-state index contributed by atoms with van der Waals surface area (Å²) in [4.78, 5) is 31.0. The Balaban J connectivity index is 1.85. The van der Waals surface area contributed by atoms with Crippen LogP contribution in [-0.4, -0.2) is 72.3 Å². The second-order valence-electron chi connectivity index (χ2n) is 5.65. The Bertz CT molecular complexity index is 573. The van der Waals surface area contributed by atoms with Crippen molar-refractivity contribution in [2.24, 2.45) is 0 Å².